The molecule has 2 heterocycles. The summed E-state index contributed by atoms with van der Waals surface area (Å²) in [6.45, 7) is 1.90. The van der Waals surface area contributed by atoms with Crippen LogP contribution in [0.1, 0.15) is 21.5 Å². The zero-order valence-corrected chi connectivity index (χ0v) is 12.8. The van der Waals surface area contributed by atoms with E-state index in [2.05, 4.69) is 16.4 Å². The maximum atomic E-state index is 11.9. The molecule has 0 atom stereocenters. The fraction of sp³-hybridized carbons (Fsp3) is 0.250. The maximum Gasteiger partial charge on any atom is 0.256 e. The highest BCUT2D eigenvalue weighted by atomic mass is 32.2. The summed E-state index contributed by atoms with van der Waals surface area (Å²) in [5, 5.41) is 2.61. The third-order valence-electron chi connectivity index (χ3n) is 3.34. The first-order chi connectivity index (χ1) is 10.2. The van der Waals surface area contributed by atoms with Crippen LogP contribution in [0.15, 0.2) is 35.4 Å². The molecule has 4 nitrogen and oxygen atoms in total. The van der Waals surface area contributed by atoms with Gasteiger partial charge in [0, 0.05) is 23.9 Å². The molecule has 1 amide bonds. The number of benzene rings is 1. The van der Waals surface area contributed by atoms with Crippen LogP contribution in [0.3, 0.4) is 0 Å². The second kappa shape index (κ2) is 5.77. The summed E-state index contributed by atoms with van der Waals surface area (Å²) in [5.74, 6) is 1.97. The summed E-state index contributed by atoms with van der Waals surface area (Å²) in [6, 6.07) is 7.81. The smallest absolute Gasteiger partial charge is 0.256 e. The van der Waals surface area contributed by atoms with E-state index < -0.39 is 0 Å². The topological polar surface area (TPSA) is 51.2 Å². The predicted molar refractivity (Wildman–Crippen MR) is 83.3 cm³/mol. The number of thioether (sulfide) groups is 1. The van der Waals surface area contributed by atoms with Crippen molar-refractivity contribution in [3.05, 3.63) is 47.2 Å². The van der Waals surface area contributed by atoms with Gasteiger partial charge in [0.15, 0.2) is 0 Å². The first kappa shape index (κ1) is 13.9. The van der Waals surface area contributed by atoms with Crippen LogP contribution in [-0.4, -0.2) is 23.7 Å². The summed E-state index contributed by atoms with van der Waals surface area (Å²) < 4.78 is 5.83. The molecule has 0 saturated heterocycles. The van der Waals surface area contributed by atoms with Crippen molar-refractivity contribution in [3.8, 4) is 11.6 Å². The third-order valence-corrected chi connectivity index (χ3v) is 4.44. The van der Waals surface area contributed by atoms with E-state index in [1.54, 1.807) is 19.3 Å². The van der Waals surface area contributed by atoms with Crippen LogP contribution in [0.2, 0.25) is 0 Å². The van der Waals surface area contributed by atoms with E-state index in [0.717, 1.165) is 17.7 Å². The molecule has 0 bridgehead atoms. The first-order valence-electron chi connectivity index (χ1n) is 6.79. The van der Waals surface area contributed by atoms with Gasteiger partial charge in [-0.3, -0.25) is 4.79 Å². The van der Waals surface area contributed by atoms with Gasteiger partial charge in [-0.05, 0) is 42.7 Å². The van der Waals surface area contributed by atoms with Gasteiger partial charge in [-0.15, -0.1) is 11.8 Å². The van der Waals surface area contributed by atoms with Crippen LogP contribution in [0.4, 0.5) is 0 Å². The molecule has 0 saturated carbocycles. The minimum atomic E-state index is -0.197. The molecular weight excluding hydrogens is 284 g/mol. The van der Waals surface area contributed by atoms with Gasteiger partial charge in [0.05, 0.1) is 0 Å². The van der Waals surface area contributed by atoms with Gasteiger partial charge in [0.1, 0.15) is 11.3 Å². The van der Waals surface area contributed by atoms with E-state index >= 15 is 0 Å². The van der Waals surface area contributed by atoms with Crippen molar-refractivity contribution < 1.29 is 9.53 Å². The molecule has 2 aromatic rings. The lowest BCUT2D eigenvalue weighted by molar-refractivity contribution is 0.0960. The van der Waals surface area contributed by atoms with Crippen LogP contribution in [0.25, 0.3) is 0 Å². The number of carbonyl (C=O) groups excluding carboxylic acids is 1. The van der Waals surface area contributed by atoms with Crippen molar-refractivity contribution in [3.63, 3.8) is 0 Å². The van der Waals surface area contributed by atoms with E-state index in [9.17, 15) is 4.79 Å². The zero-order chi connectivity index (χ0) is 14.8. The Balaban J connectivity index is 1.92. The molecule has 108 valence electrons. The second-order valence-electron chi connectivity index (χ2n) is 4.91. The number of hydrogen-bond donors (Lipinski definition) is 1. The number of hydrogen-bond acceptors (Lipinski definition) is 4. The number of aryl methyl sites for hydroxylation is 2. The van der Waals surface area contributed by atoms with Crippen molar-refractivity contribution in [2.75, 3.05) is 12.8 Å². The average molecular weight is 300 g/mol. The van der Waals surface area contributed by atoms with Gasteiger partial charge in [-0.25, -0.2) is 4.98 Å². The number of rotatable bonds is 3. The fourth-order valence-electron chi connectivity index (χ4n) is 2.26. The molecule has 0 unspecified atom stereocenters. The van der Waals surface area contributed by atoms with Gasteiger partial charge < -0.3 is 10.1 Å². The number of amides is 1. The van der Waals surface area contributed by atoms with Crippen molar-refractivity contribution in [1.82, 2.24) is 10.3 Å². The third kappa shape index (κ3) is 2.88. The molecule has 0 radical (unpaired) electrons. The standard InChI is InChI=1S/C16H16N2O2S/c1-10-7-13(15(19)17-2)16(18-9-10)20-12-4-3-11-5-6-21-14(11)8-12/h3-4,7-9H,5-6H2,1-2H3,(H,17,19). The van der Waals surface area contributed by atoms with Crippen LogP contribution in [-0.2, 0) is 6.42 Å². The lowest BCUT2D eigenvalue weighted by Crippen LogP contribution is -2.19. The largest absolute Gasteiger partial charge is 0.438 e. The Bertz CT molecular complexity index is 701. The Kier molecular flexibility index (Phi) is 3.84. The number of fused-ring (bicyclic) bond motifs is 1. The van der Waals surface area contributed by atoms with Crippen molar-refractivity contribution in [2.45, 2.75) is 18.2 Å². The highest BCUT2D eigenvalue weighted by Gasteiger charge is 2.16. The van der Waals surface area contributed by atoms with E-state index in [4.69, 9.17) is 4.74 Å². The van der Waals surface area contributed by atoms with Gasteiger partial charge in [0.25, 0.3) is 5.91 Å². The highest BCUT2D eigenvalue weighted by molar-refractivity contribution is 7.99. The number of nitrogens with one attached hydrogen (secondary N) is 1. The molecule has 0 fully saturated rings. The lowest BCUT2D eigenvalue weighted by Gasteiger charge is -2.10. The van der Waals surface area contributed by atoms with Crippen molar-refractivity contribution in [2.24, 2.45) is 0 Å². The molecule has 0 spiro atoms. The predicted octanol–water partition coefficient (Wildman–Crippen LogP) is 3.19. The number of ether oxygens (including phenoxy) is 1. The van der Waals surface area contributed by atoms with Crippen LogP contribution < -0.4 is 10.1 Å². The number of pyridine rings is 1. The summed E-state index contributed by atoms with van der Waals surface area (Å²) in [5.41, 5.74) is 2.73. The van der Waals surface area contributed by atoms with Crippen LogP contribution in [0.5, 0.6) is 11.6 Å². The minimum absolute atomic E-state index is 0.197. The van der Waals surface area contributed by atoms with Gasteiger partial charge in [-0.1, -0.05) is 6.07 Å². The van der Waals surface area contributed by atoms with E-state index in [1.807, 2.05) is 30.8 Å². The highest BCUT2D eigenvalue weighted by Crippen LogP contribution is 2.35. The Labute approximate surface area is 127 Å². The Morgan fingerprint density at radius 1 is 1.38 bits per heavy atom. The van der Waals surface area contributed by atoms with Gasteiger partial charge in [0.2, 0.25) is 5.88 Å². The Morgan fingerprint density at radius 2 is 2.24 bits per heavy atom. The maximum absolute atomic E-state index is 11.9. The Morgan fingerprint density at radius 3 is 3.05 bits per heavy atom. The first-order valence-corrected chi connectivity index (χ1v) is 7.78. The fourth-order valence-corrected chi connectivity index (χ4v) is 3.35. The summed E-state index contributed by atoms with van der Waals surface area (Å²) in [4.78, 5) is 17.4. The second-order valence-corrected chi connectivity index (χ2v) is 6.05. The van der Waals surface area contributed by atoms with E-state index in [-0.39, 0.29) is 5.91 Å². The molecule has 1 aliphatic heterocycles. The molecule has 0 aliphatic carbocycles. The molecular formula is C16H16N2O2S. The summed E-state index contributed by atoms with van der Waals surface area (Å²) >= 11 is 1.83. The average Bonchev–Trinajstić information content (AvgIpc) is 2.96. The van der Waals surface area contributed by atoms with Crippen LogP contribution >= 0.6 is 11.8 Å². The number of carbonyl (C=O) groups is 1. The van der Waals surface area contributed by atoms with E-state index in [1.165, 1.54) is 10.5 Å². The SMILES string of the molecule is CNC(=O)c1cc(C)cnc1Oc1ccc2c(c1)SCC2. The minimum Gasteiger partial charge on any atom is -0.438 e. The molecule has 1 aliphatic rings. The normalized spacial score (nSPS) is 12.9. The molecule has 5 heteroatoms. The van der Waals surface area contributed by atoms with Gasteiger partial charge in [-0.2, -0.15) is 0 Å². The Hall–Kier alpha value is -2.01. The van der Waals surface area contributed by atoms with Crippen molar-refractivity contribution in [1.29, 1.82) is 0 Å². The summed E-state index contributed by atoms with van der Waals surface area (Å²) in [6.07, 6.45) is 2.80. The van der Waals surface area contributed by atoms with Gasteiger partial charge >= 0.3 is 0 Å². The molecule has 3 rings (SSSR count). The lowest BCUT2D eigenvalue weighted by atomic mass is 10.1. The molecule has 1 aromatic carbocycles. The molecule has 1 aromatic heterocycles. The summed E-state index contributed by atoms with van der Waals surface area (Å²) in [7, 11) is 1.60. The zero-order valence-electron chi connectivity index (χ0n) is 12.0. The van der Waals surface area contributed by atoms with Crippen LogP contribution in [0, 0.1) is 6.92 Å². The number of nitrogens with zero attached hydrogens (tertiary/aromatic N) is 1. The monoisotopic (exact) mass is 300 g/mol. The van der Waals surface area contributed by atoms with E-state index in [0.29, 0.717) is 17.2 Å². The van der Waals surface area contributed by atoms with Crippen molar-refractivity contribution >= 4 is 17.7 Å². The molecule has 21 heavy (non-hydrogen) atoms. The molecule has 1 N–H and O–H groups in total. The number of aromatic nitrogens is 1. The quantitative estimate of drug-likeness (QED) is 0.946.